The lowest BCUT2D eigenvalue weighted by atomic mass is 10.2. The van der Waals surface area contributed by atoms with Crippen LogP contribution in [0.5, 0.6) is 0 Å². The minimum absolute atomic E-state index is 0.118. The highest BCUT2D eigenvalue weighted by atomic mass is 16.6. The summed E-state index contributed by atoms with van der Waals surface area (Å²) in [5.74, 6) is -0.118. The maximum absolute atomic E-state index is 11.8. The Bertz CT molecular complexity index is 695. The average molecular weight is 500 g/mol. The van der Waals surface area contributed by atoms with Gasteiger partial charge in [-0.1, -0.05) is 0 Å². The first-order valence-electron chi connectivity index (χ1n) is 11.8. The minimum Gasteiger partial charge on any atom is -0.444 e. The minimum atomic E-state index is -0.512. The zero-order valence-electron chi connectivity index (χ0n) is 21.1. The highest BCUT2D eigenvalue weighted by molar-refractivity contribution is 5.90. The van der Waals surface area contributed by atoms with Crippen molar-refractivity contribution in [3.63, 3.8) is 0 Å². The fraction of sp³-hybridized carbons (Fsp3) is 0.667. The van der Waals surface area contributed by atoms with E-state index >= 15 is 0 Å². The van der Waals surface area contributed by atoms with Gasteiger partial charge in [0.1, 0.15) is 5.60 Å². The molecule has 0 bridgehead atoms. The van der Waals surface area contributed by atoms with Gasteiger partial charge in [0.25, 0.3) is 0 Å². The molecule has 11 nitrogen and oxygen atoms in total. The first-order valence-corrected chi connectivity index (χ1v) is 11.8. The molecule has 4 N–H and O–H groups in total. The number of anilines is 2. The molecule has 1 aromatic rings. The Balaban J connectivity index is 1.77. The van der Waals surface area contributed by atoms with E-state index in [0.717, 1.165) is 0 Å². The SMILES string of the molecule is CC(C)(C)OC(=O)NCCOCCOCCOCCOCCOCCC(=O)Nc1ccc(N)cc1. The maximum atomic E-state index is 11.8. The first kappa shape index (κ1) is 30.6. The van der Waals surface area contributed by atoms with Crippen LogP contribution in [0.1, 0.15) is 27.2 Å². The highest BCUT2D eigenvalue weighted by Gasteiger charge is 2.15. The summed E-state index contributed by atoms with van der Waals surface area (Å²) in [6.07, 6.45) is -0.192. The third-order valence-corrected chi connectivity index (χ3v) is 4.07. The van der Waals surface area contributed by atoms with E-state index in [9.17, 15) is 9.59 Å². The van der Waals surface area contributed by atoms with E-state index in [0.29, 0.717) is 84.0 Å². The molecule has 200 valence electrons. The van der Waals surface area contributed by atoms with E-state index in [1.54, 1.807) is 24.3 Å². The fourth-order valence-corrected chi connectivity index (χ4v) is 2.48. The Morgan fingerprint density at radius 2 is 1.20 bits per heavy atom. The van der Waals surface area contributed by atoms with Crippen LogP contribution in [0.15, 0.2) is 24.3 Å². The monoisotopic (exact) mass is 499 g/mol. The van der Waals surface area contributed by atoms with E-state index < -0.39 is 11.7 Å². The molecule has 35 heavy (non-hydrogen) atoms. The van der Waals surface area contributed by atoms with Crippen molar-refractivity contribution in [2.45, 2.75) is 32.8 Å². The molecular weight excluding hydrogens is 458 g/mol. The molecule has 0 aliphatic carbocycles. The van der Waals surface area contributed by atoms with E-state index in [-0.39, 0.29) is 12.3 Å². The number of nitrogens with one attached hydrogen (secondary N) is 2. The molecule has 0 saturated carbocycles. The van der Waals surface area contributed by atoms with Gasteiger partial charge in [0.05, 0.1) is 72.5 Å². The van der Waals surface area contributed by atoms with Crippen molar-refractivity contribution in [3.05, 3.63) is 24.3 Å². The summed E-state index contributed by atoms with van der Waals surface area (Å²) in [4.78, 5) is 23.3. The molecule has 0 aliphatic rings. The van der Waals surface area contributed by atoms with Gasteiger partial charge in [-0.15, -0.1) is 0 Å². The van der Waals surface area contributed by atoms with Gasteiger partial charge >= 0.3 is 6.09 Å². The van der Waals surface area contributed by atoms with Crippen LogP contribution in [0.3, 0.4) is 0 Å². The molecule has 0 atom stereocenters. The predicted octanol–water partition coefficient (Wildman–Crippen LogP) is 2.21. The zero-order valence-corrected chi connectivity index (χ0v) is 21.1. The number of rotatable bonds is 19. The van der Waals surface area contributed by atoms with Crippen LogP contribution in [-0.2, 0) is 33.2 Å². The number of ether oxygens (including phenoxy) is 6. The zero-order chi connectivity index (χ0) is 25.8. The Hall–Kier alpha value is -2.44. The summed E-state index contributed by atoms with van der Waals surface area (Å²) in [6, 6.07) is 6.96. The van der Waals surface area contributed by atoms with Gasteiger partial charge in [-0.05, 0) is 45.0 Å². The number of amides is 2. The van der Waals surface area contributed by atoms with Crippen LogP contribution in [-0.4, -0.2) is 90.2 Å². The normalized spacial score (nSPS) is 11.3. The molecule has 0 spiro atoms. The molecule has 0 radical (unpaired) electrons. The summed E-state index contributed by atoms with van der Waals surface area (Å²) in [5, 5.41) is 5.39. The molecule has 0 saturated heterocycles. The number of hydrogen-bond donors (Lipinski definition) is 3. The lowest BCUT2D eigenvalue weighted by Gasteiger charge is -2.19. The van der Waals surface area contributed by atoms with Gasteiger partial charge in [-0.25, -0.2) is 4.79 Å². The lowest BCUT2D eigenvalue weighted by Crippen LogP contribution is -2.34. The third-order valence-electron chi connectivity index (χ3n) is 4.07. The second-order valence-corrected chi connectivity index (χ2v) is 8.41. The molecule has 11 heteroatoms. The van der Waals surface area contributed by atoms with Crippen LogP contribution >= 0.6 is 0 Å². The summed E-state index contributed by atoms with van der Waals surface area (Å²) < 4.78 is 32.1. The van der Waals surface area contributed by atoms with Crippen molar-refractivity contribution in [1.82, 2.24) is 5.32 Å². The second kappa shape index (κ2) is 18.8. The van der Waals surface area contributed by atoms with E-state index in [1.165, 1.54) is 0 Å². The van der Waals surface area contributed by atoms with Crippen molar-refractivity contribution in [3.8, 4) is 0 Å². The standard InChI is InChI=1S/C24H41N3O8/c1-24(2,3)35-23(29)26-9-11-31-13-15-33-17-19-34-18-16-32-14-12-30-10-8-22(28)27-21-6-4-20(25)5-7-21/h4-7H,8-19,25H2,1-3H3,(H,26,29)(H,27,28). The summed E-state index contributed by atoms with van der Waals surface area (Å²) in [5.41, 5.74) is 6.45. The molecule has 0 heterocycles. The van der Waals surface area contributed by atoms with Gasteiger partial charge in [0.15, 0.2) is 0 Å². The summed E-state index contributed by atoms with van der Waals surface area (Å²) in [6.45, 7) is 10.1. The number of benzene rings is 1. The largest absolute Gasteiger partial charge is 0.444 e. The number of alkyl carbamates (subject to hydrolysis) is 1. The number of carbonyl (C=O) groups excluding carboxylic acids is 2. The molecule has 0 unspecified atom stereocenters. The molecule has 2 amide bonds. The number of carbonyl (C=O) groups is 2. The highest BCUT2D eigenvalue weighted by Crippen LogP contribution is 2.10. The van der Waals surface area contributed by atoms with Crippen molar-refractivity contribution in [2.24, 2.45) is 0 Å². The summed E-state index contributed by atoms with van der Waals surface area (Å²) >= 11 is 0. The van der Waals surface area contributed by atoms with Crippen LogP contribution < -0.4 is 16.4 Å². The van der Waals surface area contributed by atoms with Crippen molar-refractivity contribution in [2.75, 3.05) is 83.7 Å². The third kappa shape index (κ3) is 19.5. The predicted molar refractivity (Wildman–Crippen MR) is 132 cm³/mol. The van der Waals surface area contributed by atoms with E-state index in [4.69, 9.17) is 34.2 Å². The Labute approximate surface area is 207 Å². The van der Waals surface area contributed by atoms with Crippen molar-refractivity contribution >= 4 is 23.4 Å². The Kier molecular flexibility index (Phi) is 16.5. The number of nitrogen functional groups attached to an aromatic ring is 1. The molecule has 1 rings (SSSR count). The van der Waals surface area contributed by atoms with Crippen LogP contribution in [0.4, 0.5) is 16.2 Å². The molecule has 0 fully saturated rings. The first-order chi connectivity index (χ1) is 16.8. The smallest absolute Gasteiger partial charge is 0.407 e. The van der Waals surface area contributed by atoms with E-state index in [2.05, 4.69) is 10.6 Å². The van der Waals surface area contributed by atoms with E-state index in [1.807, 2.05) is 20.8 Å². The number of nitrogens with two attached hydrogens (primary N) is 1. The average Bonchev–Trinajstić information content (AvgIpc) is 2.78. The molecule has 0 aromatic heterocycles. The Morgan fingerprint density at radius 1 is 0.743 bits per heavy atom. The second-order valence-electron chi connectivity index (χ2n) is 8.41. The van der Waals surface area contributed by atoms with Crippen LogP contribution in [0, 0.1) is 0 Å². The topological polar surface area (TPSA) is 140 Å². The molecular formula is C24H41N3O8. The maximum Gasteiger partial charge on any atom is 0.407 e. The van der Waals surface area contributed by atoms with Crippen molar-refractivity contribution in [1.29, 1.82) is 0 Å². The molecule has 1 aromatic carbocycles. The quantitative estimate of drug-likeness (QED) is 0.193. The Morgan fingerprint density at radius 3 is 1.69 bits per heavy atom. The van der Waals surface area contributed by atoms with Crippen molar-refractivity contribution < 1.29 is 38.0 Å². The fourth-order valence-electron chi connectivity index (χ4n) is 2.48. The van der Waals surface area contributed by atoms with Gasteiger partial charge < -0.3 is 44.8 Å². The molecule has 0 aliphatic heterocycles. The summed E-state index contributed by atoms with van der Waals surface area (Å²) in [7, 11) is 0. The lowest BCUT2D eigenvalue weighted by molar-refractivity contribution is -0.117. The number of hydrogen-bond acceptors (Lipinski definition) is 9. The van der Waals surface area contributed by atoms with Crippen LogP contribution in [0.25, 0.3) is 0 Å². The van der Waals surface area contributed by atoms with Gasteiger partial charge in [0.2, 0.25) is 5.91 Å². The van der Waals surface area contributed by atoms with Gasteiger partial charge in [-0.2, -0.15) is 0 Å². The van der Waals surface area contributed by atoms with Crippen LogP contribution in [0.2, 0.25) is 0 Å². The van der Waals surface area contributed by atoms with Gasteiger partial charge in [-0.3, -0.25) is 4.79 Å². The van der Waals surface area contributed by atoms with Gasteiger partial charge in [0, 0.05) is 17.9 Å².